The number of benzene rings is 1. The van der Waals surface area contributed by atoms with E-state index in [0.29, 0.717) is 45.1 Å². The fourth-order valence-corrected chi connectivity index (χ4v) is 3.93. The van der Waals surface area contributed by atoms with Crippen molar-refractivity contribution < 1.29 is 18.0 Å². The average molecular weight is 425 g/mol. The fourth-order valence-electron chi connectivity index (χ4n) is 3.93. The summed E-state index contributed by atoms with van der Waals surface area (Å²) >= 11 is 0. The van der Waals surface area contributed by atoms with E-state index in [4.69, 9.17) is 0 Å². The monoisotopic (exact) mass is 425 g/mol. The summed E-state index contributed by atoms with van der Waals surface area (Å²) in [5.74, 6) is 0.999. The standard InChI is InChI=1S/C21H30F3N5O/c1-2-25-20(27-13-17-9-11-28(14-17)15-21(22,23)24)26-12-16-5-7-18(8-6-16)29-10-3-4-19(29)30/h5-8,17H,2-4,9-15H2,1H3,(H2,25,26,27). The minimum absolute atomic E-state index is 0.167. The number of anilines is 1. The van der Waals surface area contributed by atoms with Gasteiger partial charge in [0.1, 0.15) is 0 Å². The normalized spacial score (nSPS) is 20.8. The number of likely N-dealkylation sites (tertiary alicyclic amines) is 1. The van der Waals surface area contributed by atoms with Gasteiger partial charge in [-0.15, -0.1) is 0 Å². The number of nitrogens with zero attached hydrogens (tertiary/aromatic N) is 3. The molecule has 2 heterocycles. The first-order chi connectivity index (χ1) is 14.3. The van der Waals surface area contributed by atoms with E-state index in [1.807, 2.05) is 36.1 Å². The molecule has 0 aliphatic carbocycles. The Morgan fingerprint density at radius 1 is 1.20 bits per heavy atom. The number of hydrogen-bond donors (Lipinski definition) is 2. The lowest BCUT2D eigenvalue weighted by atomic mass is 10.1. The average Bonchev–Trinajstić information content (AvgIpc) is 3.32. The summed E-state index contributed by atoms with van der Waals surface area (Å²) < 4.78 is 37.6. The van der Waals surface area contributed by atoms with Crippen LogP contribution in [0.5, 0.6) is 0 Å². The minimum Gasteiger partial charge on any atom is -0.357 e. The smallest absolute Gasteiger partial charge is 0.357 e. The molecule has 2 saturated heterocycles. The molecule has 1 amide bonds. The number of guanidine groups is 1. The molecule has 166 valence electrons. The van der Waals surface area contributed by atoms with Crippen molar-refractivity contribution in [2.24, 2.45) is 10.9 Å². The molecule has 0 saturated carbocycles. The van der Waals surface area contributed by atoms with E-state index in [0.717, 1.165) is 30.6 Å². The minimum atomic E-state index is -4.14. The van der Waals surface area contributed by atoms with Gasteiger partial charge >= 0.3 is 6.18 Å². The van der Waals surface area contributed by atoms with Gasteiger partial charge in [0.2, 0.25) is 5.91 Å². The van der Waals surface area contributed by atoms with Gasteiger partial charge in [-0.05, 0) is 49.9 Å². The van der Waals surface area contributed by atoms with E-state index in [1.165, 1.54) is 4.90 Å². The van der Waals surface area contributed by atoms with Crippen LogP contribution in [0.2, 0.25) is 0 Å². The third kappa shape index (κ3) is 6.62. The molecule has 2 fully saturated rings. The predicted octanol–water partition coefficient (Wildman–Crippen LogP) is 2.75. The van der Waals surface area contributed by atoms with Crippen LogP contribution in [0.4, 0.5) is 18.9 Å². The third-order valence-electron chi connectivity index (χ3n) is 5.42. The largest absolute Gasteiger partial charge is 0.401 e. The second kappa shape index (κ2) is 10.1. The Morgan fingerprint density at radius 3 is 2.60 bits per heavy atom. The van der Waals surface area contributed by atoms with Gasteiger partial charge in [-0.1, -0.05) is 12.1 Å². The van der Waals surface area contributed by atoms with Gasteiger partial charge in [-0.2, -0.15) is 13.2 Å². The van der Waals surface area contributed by atoms with Crippen molar-refractivity contribution >= 4 is 17.6 Å². The van der Waals surface area contributed by atoms with Crippen molar-refractivity contribution in [1.82, 2.24) is 15.5 Å². The maximum absolute atomic E-state index is 12.5. The second-order valence-electron chi connectivity index (χ2n) is 7.90. The number of carbonyl (C=O) groups excluding carboxylic acids is 1. The molecule has 9 heteroatoms. The molecule has 1 aromatic rings. The molecule has 1 aromatic carbocycles. The Morgan fingerprint density at radius 2 is 1.97 bits per heavy atom. The molecular weight excluding hydrogens is 395 g/mol. The predicted molar refractivity (Wildman–Crippen MR) is 111 cm³/mol. The van der Waals surface area contributed by atoms with Crippen molar-refractivity contribution in [2.75, 3.05) is 44.2 Å². The molecule has 1 atom stereocenters. The number of hydrogen-bond acceptors (Lipinski definition) is 3. The molecule has 2 N–H and O–H groups in total. The van der Waals surface area contributed by atoms with Gasteiger partial charge in [-0.3, -0.25) is 9.69 Å². The van der Waals surface area contributed by atoms with Gasteiger partial charge in [0.25, 0.3) is 0 Å². The van der Waals surface area contributed by atoms with Gasteiger partial charge in [0, 0.05) is 38.3 Å². The van der Waals surface area contributed by atoms with Crippen LogP contribution >= 0.6 is 0 Å². The van der Waals surface area contributed by atoms with Crippen molar-refractivity contribution in [3.63, 3.8) is 0 Å². The number of alkyl halides is 3. The molecule has 2 aliphatic heterocycles. The molecule has 0 radical (unpaired) electrons. The molecule has 2 aliphatic rings. The quantitative estimate of drug-likeness (QED) is 0.521. The van der Waals surface area contributed by atoms with Crippen LogP contribution < -0.4 is 15.5 Å². The van der Waals surface area contributed by atoms with Crippen LogP contribution in [-0.4, -0.2) is 62.2 Å². The van der Waals surface area contributed by atoms with Crippen molar-refractivity contribution in [2.45, 2.75) is 38.9 Å². The van der Waals surface area contributed by atoms with E-state index in [9.17, 15) is 18.0 Å². The van der Waals surface area contributed by atoms with Gasteiger partial charge < -0.3 is 15.5 Å². The summed E-state index contributed by atoms with van der Waals surface area (Å²) in [6.07, 6.45) is -1.88. The van der Waals surface area contributed by atoms with Crippen LogP contribution in [0.15, 0.2) is 29.3 Å². The molecule has 3 rings (SSSR count). The zero-order chi connectivity index (χ0) is 21.6. The lowest BCUT2D eigenvalue weighted by molar-refractivity contribution is -0.143. The lowest BCUT2D eigenvalue weighted by Gasteiger charge is -2.18. The molecule has 0 spiro atoms. The van der Waals surface area contributed by atoms with Crippen LogP contribution in [0, 0.1) is 5.92 Å². The molecule has 1 unspecified atom stereocenters. The summed E-state index contributed by atoms with van der Waals surface area (Å²) in [6.45, 7) is 4.61. The van der Waals surface area contributed by atoms with Crippen LogP contribution in [-0.2, 0) is 11.3 Å². The molecule has 0 bridgehead atoms. The SMILES string of the molecule is CCNC(=NCc1ccc(N2CCCC2=O)cc1)NCC1CCN(CC(F)(F)F)C1. The Balaban J connectivity index is 1.49. The summed E-state index contributed by atoms with van der Waals surface area (Å²) in [6, 6.07) is 7.84. The van der Waals surface area contributed by atoms with Crippen LogP contribution in [0.25, 0.3) is 0 Å². The van der Waals surface area contributed by atoms with E-state index in [2.05, 4.69) is 15.6 Å². The summed E-state index contributed by atoms with van der Waals surface area (Å²) in [4.78, 5) is 19.7. The first-order valence-electron chi connectivity index (χ1n) is 10.5. The highest BCUT2D eigenvalue weighted by Crippen LogP contribution is 2.23. The summed E-state index contributed by atoms with van der Waals surface area (Å²) in [5.41, 5.74) is 1.94. The summed E-state index contributed by atoms with van der Waals surface area (Å²) in [7, 11) is 0. The zero-order valence-electron chi connectivity index (χ0n) is 17.3. The molecular formula is C21H30F3N5O. The van der Waals surface area contributed by atoms with E-state index in [1.54, 1.807) is 0 Å². The Kier molecular flexibility index (Phi) is 7.58. The van der Waals surface area contributed by atoms with Crippen LogP contribution in [0.3, 0.4) is 0 Å². The fraction of sp³-hybridized carbons (Fsp3) is 0.619. The van der Waals surface area contributed by atoms with Crippen molar-refractivity contribution in [3.8, 4) is 0 Å². The first-order valence-corrected chi connectivity index (χ1v) is 10.5. The number of aliphatic imine (C=N–C) groups is 1. The number of nitrogens with one attached hydrogen (secondary N) is 2. The van der Waals surface area contributed by atoms with Gasteiger partial charge in [-0.25, -0.2) is 4.99 Å². The van der Waals surface area contributed by atoms with E-state index in [-0.39, 0.29) is 11.8 Å². The summed E-state index contributed by atoms with van der Waals surface area (Å²) in [5, 5.41) is 6.44. The zero-order valence-corrected chi connectivity index (χ0v) is 17.3. The highest BCUT2D eigenvalue weighted by Gasteiger charge is 2.34. The third-order valence-corrected chi connectivity index (χ3v) is 5.42. The van der Waals surface area contributed by atoms with E-state index >= 15 is 0 Å². The Bertz CT molecular complexity index is 735. The molecule has 0 aromatic heterocycles. The number of rotatable bonds is 7. The van der Waals surface area contributed by atoms with Crippen molar-refractivity contribution in [1.29, 1.82) is 0 Å². The number of halogens is 3. The second-order valence-corrected chi connectivity index (χ2v) is 7.90. The van der Waals surface area contributed by atoms with Gasteiger partial charge in [0.05, 0.1) is 13.1 Å². The topological polar surface area (TPSA) is 60.0 Å². The van der Waals surface area contributed by atoms with Crippen molar-refractivity contribution in [3.05, 3.63) is 29.8 Å². The highest BCUT2D eigenvalue weighted by atomic mass is 19.4. The Labute approximate surface area is 175 Å². The lowest BCUT2D eigenvalue weighted by Crippen LogP contribution is -2.40. The van der Waals surface area contributed by atoms with Gasteiger partial charge in [0.15, 0.2) is 5.96 Å². The molecule has 6 nitrogen and oxygen atoms in total. The maximum Gasteiger partial charge on any atom is 0.401 e. The maximum atomic E-state index is 12.5. The van der Waals surface area contributed by atoms with Crippen LogP contribution in [0.1, 0.15) is 31.7 Å². The highest BCUT2D eigenvalue weighted by molar-refractivity contribution is 5.95. The number of carbonyl (C=O) groups is 1. The Hall–Kier alpha value is -2.29. The number of amides is 1. The first kappa shape index (κ1) is 22.4. The molecule has 30 heavy (non-hydrogen) atoms. The van der Waals surface area contributed by atoms with E-state index < -0.39 is 12.7 Å².